The van der Waals surface area contributed by atoms with Crippen LogP contribution in [0.4, 0.5) is 0 Å². The first-order valence-electron chi connectivity index (χ1n) is 4.15. The third-order valence-electron chi connectivity index (χ3n) is 1.61. The van der Waals surface area contributed by atoms with Crippen molar-refractivity contribution in [3.63, 3.8) is 0 Å². The number of aromatic hydroxyl groups is 2. The number of carbonyl (C=O) groups is 2. The predicted octanol–water partition coefficient (Wildman–Crippen LogP) is -0.967. The number of primary amides is 1. The lowest BCUT2D eigenvalue weighted by Crippen LogP contribution is -2.32. The number of nitrogens with one attached hydrogen (secondary N) is 1. The van der Waals surface area contributed by atoms with Gasteiger partial charge in [-0.25, -0.2) is 5.43 Å². The number of phenols is 2. The van der Waals surface area contributed by atoms with Crippen LogP contribution in [0.2, 0.25) is 0 Å². The number of phenolic OH excluding ortho intramolecular Hbond substituents is 2. The van der Waals surface area contributed by atoms with Gasteiger partial charge in [-0.3, -0.25) is 9.59 Å². The molecule has 84 valence electrons. The molecule has 16 heavy (non-hydrogen) atoms. The molecule has 0 atom stereocenters. The molecule has 0 unspecified atom stereocenters. The van der Waals surface area contributed by atoms with Crippen LogP contribution in [0.5, 0.6) is 11.5 Å². The first-order chi connectivity index (χ1) is 7.50. The molecule has 1 rings (SSSR count). The molecule has 0 radical (unpaired) electrons. The van der Waals surface area contributed by atoms with Crippen LogP contribution in [-0.2, 0) is 9.59 Å². The van der Waals surface area contributed by atoms with E-state index in [4.69, 9.17) is 5.11 Å². The molecule has 0 aliphatic heterocycles. The summed E-state index contributed by atoms with van der Waals surface area (Å²) in [5.41, 5.74) is 6.78. The number of amides is 2. The van der Waals surface area contributed by atoms with Crippen molar-refractivity contribution in [2.45, 2.75) is 0 Å². The van der Waals surface area contributed by atoms with E-state index in [1.807, 2.05) is 5.43 Å². The number of rotatable bonds is 2. The van der Waals surface area contributed by atoms with Crippen LogP contribution in [0.3, 0.4) is 0 Å². The van der Waals surface area contributed by atoms with Gasteiger partial charge in [-0.05, 0) is 12.1 Å². The van der Waals surface area contributed by atoms with Gasteiger partial charge in [0, 0.05) is 11.6 Å². The molecule has 0 heterocycles. The Morgan fingerprint density at radius 2 is 2.06 bits per heavy atom. The second-order valence-corrected chi connectivity index (χ2v) is 2.81. The molecule has 1 aromatic carbocycles. The Morgan fingerprint density at radius 1 is 1.38 bits per heavy atom. The number of nitrogens with zero attached hydrogens (tertiary/aromatic N) is 1. The summed E-state index contributed by atoms with van der Waals surface area (Å²) in [6.45, 7) is 0. The van der Waals surface area contributed by atoms with Crippen molar-refractivity contribution in [2.75, 3.05) is 0 Å². The molecular weight excluding hydrogens is 214 g/mol. The summed E-state index contributed by atoms with van der Waals surface area (Å²) >= 11 is 0. The third kappa shape index (κ3) is 2.98. The third-order valence-corrected chi connectivity index (χ3v) is 1.61. The zero-order valence-electron chi connectivity index (χ0n) is 8.04. The van der Waals surface area contributed by atoms with Gasteiger partial charge in [0.05, 0.1) is 6.21 Å². The van der Waals surface area contributed by atoms with Gasteiger partial charge in [0.15, 0.2) is 0 Å². The fraction of sp³-hybridized carbons (Fsp3) is 0. The molecule has 0 saturated heterocycles. The van der Waals surface area contributed by atoms with Crippen molar-refractivity contribution in [2.24, 2.45) is 10.8 Å². The Balaban J connectivity index is 2.70. The Hall–Kier alpha value is -2.57. The summed E-state index contributed by atoms with van der Waals surface area (Å²) in [5.74, 6) is -2.53. The lowest BCUT2D eigenvalue weighted by Gasteiger charge is -1.99. The normalized spacial score (nSPS) is 10.2. The highest BCUT2D eigenvalue weighted by Gasteiger charge is 2.05. The minimum absolute atomic E-state index is 0.101. The molecule has 0 aliphatic carbocycles. The molecule has 1 aromatic rings. The summed E-state index contributed by atoms with van der Waals surface area (Å²) in [4.78, 5) is 21.0. The summed E-state index contributed by atoms with van der Waals surface area (Å²) in [6, 6.07) is 3.82. The fourth-order valence-corrected chi connectivity index (χ4v) is 0.857. The van der Waals surface area contributed by atoms with Crippen molar-refractivity contribution >= 4 is 18.0 Å². The van der Waals surface area contributed by atoms with Crippen LogP contribution in [0, 0.1) is 0 Å². The van der Waals surface area contributed by atoms with E-state index in [1.54, 1.807) is 0 Å². The zero-order chi connectivity index (χ0) is 12.1. The first kappa shape index (κ1) is 11.5. The second kappa shape index (κ2) is 4.78. The molecule has 2 amide bonds. The molecule has 0 spiro atoms. The molecule has 0 saturated carbocycles. The van der Waals surface area contributed by atoms with Crippen LogP contribution in [0.25, 0.3) is 0 Å². The quantitative estimate of drug-likeness (QED) is 0.292. The zero-order valence-corrected chi connectivity index (χ0v) is 8.04. The first-order valence-corrected chi connectivity index (χ1v) is 4.15. The van der Waals surface area contributed by atoms with E-state index < -0.39 is 11.8 Å². The van der Waals surface area contributed by atoms with Gasteiger partial charge in [0.25, 0.3) is 0 Å². The van der Waals surface area contributed by atoms with E-state index in [0.717, 1.165) is 12.3 Å². The van der Waals surface area contributed by atoms with Gasteiger partial charge in [-0.15, -0.1) is 0 Å². The molecule has 7 nitrogen and oxygen atoms in total. The van der Waals surface area contributed by atoms with E-state index in [0.29, 0.717) is 0 Å². The largest absolute Gasteiger partial charge is 0.508 e. The minimum Gasteiger partial charge on any atom is -0.508 e. The van der Waals surface area contributed by atoms with E-state index in [2.05, 4.69) is 10.8 Å². The number of carbonyl (C=O) groups excluding carboxylic acids is 2. The topological polar surface area (TPSA) is 125 Å². The maximum Gasteiger partial charge on any atom is 0.329 e. The Bertz CT molecular complexity index is 456. The number of hydrazone groups is 1. The Morgan fingerprint density at radius 3 is 2.62 bits per heavy atom. The average molecular weight is 223 g/mol. The van der Waals surface area contributed by atoms with Gasteiger partial charge < -0.3 is 15.9 Å². The van der Waals surface area contributed by atoms with Gasteiger partial charge in [0.2, 0.25) is 0 Å². The van der Waals surface area contributed by atoms with Crippen molar-refractivity contribution in [1.82, 2.24) is 5.43 Å². The SMILES string of the molecule is NC(=O)C(=O)NN=Cc1ccc(O)cc1O. The highest BCUT2D eigenvalue weighted by molar-refractivity contribution is 6.34. The van der Waals surface area contributed by atoms with Gasteiger partial charge in [0.1, 0.15) is 11.5 Å². The number of nitrogens with two attached hydrogens (primary N) is 1. The molecule has 0 bridgehead atoms. The second-order valence-electron chi connectivity index (χ2n) is 2.81. The maximum absolute atomic E-state index is 10.7. The monoisotopic (exact) mass is 223 g/mol. The fourth-order valence-electron chi connectivity index (χ4n) is 0.857. The van der Waals surface area contributed by atoms with Crippen molar-refractivity contribution in [3.05, 3.63) is 23.8 Å². The predicted molar refractivity (Wildman–Crippen MR) is 54.7 cm³/mol. The Kier molecular flexibility index (Phi) is 3.44. The van der Waals surface area contributed by atoms with Crippen molar-refractivity contribution in [1.29, 1.82) is 0 Å². The van der Waals surface area contributed by atoms with Crippen LogP contribution in [0.1, 0.15) is 5.56 Å². The number of hydrogen-bond acceptors (Lipinski definition) is 5. The summed E-state index contributed by atoms with van der Waals surface area (Å²) in [5, 5.41) is 21.7. The lowest BCUT2D eigenvalue weighted by molar-refractivity contribution is -0.137. The standard InChI is InChI=1S/C9H9N3O4/c10-8(15)9(16)12-11-4-5-1-2-6(13)3-7(5)14/h1-4,13-14H,(H2,10,15)(H,12,16). The molecular formula is C9H9N3O4. The Labute approximate surface area is 90.2 Å². The highest BCUT2D eigenvalue weighted by Crippen LogP contribution is 2.20. The highest BCUT2D eigenvalue weighted by atomic mass is 16.3. The summed E-state index contributed by atoms with van der Waals surface area (Å²) in [7, 11) is 0. The van der Waals surface area contributed by atoms with Gasteiger partial charge >= 0.3 is 11.8 Å². The summed E-state index contributed by atoms with van der Waals surface area (Å²) < 4.78 is 0. The smallest absolute Gasteiger partial charge is 0.329 e. The maximum atomic E-state index is 10.7. The van der Waals surface area contributed by atoms with Gasteiger partial charge in [-0.1, -0.05) is 0 Å². The molecule has 0 fully saturated rings. The van der Waals surface area contributed by atoms with Gasteiger partial charge in [-0.2, -0.15) is 5.10 Å². The van der Waals surface area contributed by atoms with Crippen molar-refractivity contribution in [3.8, 4) is 11.5 Å². The van der Waals surface area contributed by atoms with Crippen LogP contribution >= 0.6 is 0 Å². The number of hydrogen-bond donors (Lipinski definition) is 4. The molecule has 0 aromatic heterocycles. The van der Waals surface area contributed by atoms with E-state index in [-0.39, 0.29) is 17.1 Å². The summed E-state index contributed by atoms with van der Waals surface area (Å²) in [6.07, 6.45) is 1.11. The minimum atomic E-state index is -1.16. The van der Waals surface area contributed by atoms with Crippen LogP contribution < -0.4 is 11.2 Å². The lowest BCUT2D eigenvalue weighted by atomic mass is 10.2. The van der Waals surface area contributed by atoms with E-state index in [9.17, 15) is 14.7 Å². The molecule has 5 N–H and O–H groups in total. The molecule has 7 heteroatoms. The average Bonchev–Trinajstić information content (AvgIpc) is 2.20. The van der Waals surface area contributed by atoms with Crippen LogP contribution in [-0.4, -0.2) is 28.2 Å². The van der Waals surface area contributed by atoms with E-state index >= 15 is 0 Å². The van der Waals surface area contributed by atoms with Crippen molar-refractivity contribution < 1.29 is 19.8 Å². The molecule has 0 aliphatic rings. The number of benzene rings is 1. The van der Waals surface area contributed by atoms with Crippen LogP contribution in [0.15, 0.2) is 23.3 Å². The van der Waals surface area contributed by atoms with E-state index in [1.165, 1.54) is 12.1 Å².